The highest BCUT2D eigenvalue weighted by atomic mass is 16.6. The number of carbonyl (C=O) groups excluding carboxylic acids is 1. The van der Waals surface area contributed by atoms with E-state index in [1.807, 2.05) is 0 Å². The third-order valence-electron chi connectivity index (χ3n) is 2.66. The van der Waals surface area contributed by atoms with E-state index in [1.165, 1.54) is 12.8 Å². The Balaban J connectivity index is 1.89. The van der Waals surface area contributed by atoms with Crippen LogP contribution in [-0.2, 0) is 9.47 Å². The van der Waals surface area contributed by atoms with Crippen molar-refractivity contribution in [1.82, 2.24) is 5.32 Å². The largest absolute Gasteiger partial charge is 0.446 e. The van der Waals surface area contributed by atoms with E-state index >= 15 is 0 Å². The molecule has 1 N–H and O–H groups in total. The maximum Gasteiger partial charge on any atom is 0.407 e. The molecule has 0 aromatic carbocycles. The van der Waals surface area contributed by atoms with Crippen molar-refractivity contribution in [3.05, 3.63) is 0 Å². The van der Waals surface area contributed by atoms with E-state index in [9.17, 15) is 4.79 Å². The summed E-state index contributed by atoms with van der Waals surface area (Å²) in [5, 5.41) is 2.75. The van der Waals surface area contributed by atoms with Gasteiger partial charge in [-0.05, 0) is 38.5 Å². The Bertz CT molecular complexity index is 191. The highest BCUT2D eigenvalue weighted by Crippen LogP contribution is 2.20. The molecule has 0 aromatic heterocycles. The lowest BCUT2D eigenvalue weighted by Gasteiger charge is -2.12. The monoisotopic (exact) mass is 229 g/mol. The molecule has 0 radical (unpaired) electrons. The number of nitrogens with one attached hydrogen (secondary N) is 1. The van der Waals surface area contributed by atoms with Crippen LogP contribution in [0.3, 0.4) is 0 Å². The van der Waals surface area contributed by atoms with Gasteiger partial charge in [0.1, 0.15) is 6.10 Å². The number of hydrogen-bond acceptors (Lipinski definition) is 3. The molecule has 1 saturated carbocycles. The van der Waals surface area contributed by atoms with E-state index in [4.69, 9.17) is 9.47 Å². The van der Waals surface area contributed by atoms with Gasteiger partial charge in [0.2, 0.25) is 0 Å². The molecule has 1 fully saturated rings. The van der Waals surface area contributed by atoms with Gasteiger partial charge in [0.05, 0.1) is 0 Å². The Hall–Kier alpha value is -0.770. The lowest BCUT2D eigenvalue weighted by atomic mass is 10.3. The van der Waals surface area contributed by atoms with Gasteiger partial charge in [-0.2, -0.15) is 0 Å². The van der Waals surface area contributed by atoms with Gasteiger partial charge >= 0.3 is 6.09 Å². The summed E-state index contributed by atoms with van der Waals surface area (Å²) in [5.74, 6) is 0. The van der Waals surface area contributed by atoms with Crippen LogP contribution in [0.5, 0.6) is 0 Å². The second-order valence-electron chi connectivity index (χ2n) is 4.20. The predicted octanol–water partition coefficient (Wildman–Crippen LogP) is 2.47. The van der Waals surface area contributed by atoms with Crippen LogP contribution in [0.1, 0.15) is 45.4 Å². The molecule has 1 aliphatic rings. The van der Waals surface area contributed by atoms with Crippen LogP contribution in [0.15, 0.2) is 0 Å². The van der Waals surface area contributed by atoms with Crippen molar-refractivity contribution in [1.29, 1.82) is 0 Å². The smallest absolute Gasteiger partial charge is 0.407 e. The molecule has 0 aromatic rings. The zero-order chi connectivity index (χ0) is 11.6. The molecule has 0 saturated heterocycles. The molecule has 4 heteroatoms. The quantitative estimate of drug-likeness (QED) is 0.682. The van der Waals surface area contributed by atoms with Crippen molar-refractivity contribution >= 4 is 6.09 Å². The molecule has 1 aliphatic carbocycles. The number of hydrogen-bond donors (Lipinski definition) is 1. The van der Waals surface area contributed by atoms with E-state index in [-0.39, 0.29) is 12.2 Å². The van der Waals surface area contributed by atoms with Gasteiger partial charge in [-0.1, -0.05) is 6.92 Å². The van der Waals surface area contributed by atoms with Gasteiger partial charge in [0.15, 0.2) is 0 Å². The molecule has 1 amide bonds. The summed E-state index contributed by atoms with van der Waals surface area (Å²) in [7, 11) is 0. The highest BCUT2D eigenvalue weighted by Gasteiger charge is 2.18. The minimum absolute atomic E-state index is 0.149. The van der Waals surface area contributed by atoms with Gasteiger partial charge in [-0.25, -0.2) is 4.79 Å². The average molecular weight is 229 g/mol. The normalized spacial score (nSPS) is 16.3. The van der Waals surface area contributed by atoms with Crippen LogP contribution in [-0.4, -0.2) is 32.0 Å². The third kappa shape index (κ3) is 5.95. The summed E-state index contributed by atoms with van der Waals surface area (Å²) in [4.78, 5) is 11.3. The molecule has 0 aliphatic heterocycles. The lowest BCUT2D eigenvalue weighted by Crippen LogP contribution is -2.29. The van der Waals surface area contributed by atoms with Crippen molar-refractivity contribution in [2.24, 2.45) is 0 Å². The molecular weight excluding hydrogens is 206 g/mol. The second kappa shape index (κ2) is 8.39. The van der Waals surface area contributed by atoms with Gasteiger partial charge in [-0.3, -0.25) is 0 Å². The van der Waals surface area contributed by atoms with Crippen molar-refractivity contribution in [3.8, 4) is 0 Å². The Morgan fingerprint density at radius 2 is 2.06 bits per heavy atom. The standard InChI is InChI=1S/C12H23NO3/c1-2-9-15-10-5-8-13-12(14)16-11-6-3-4-7-11/h11H,2-10H2,1H3,(H,13,14). The van der Waals surface area contributed by atoms with Crippen molar-refractivity contribution in [2.75, 3.05) is 19.8 Å². The first kappa shape index (κ1) is 13.3. The van der Waals surface area contributed by atoms with Crippen molar-refractivity contribution < 1.29 is 14.3 Å². The molecule has 94 valence electrons. The minimum atomic E-state index is -0.276. The van der Waals surface area contributed by atoms with Gasteiger partial charge in [0.25, 0.3) is 0 Å². The van der Waals surface area contributed by atoms with Crippen LogP contribution in [0.4, 0.5) is 4.79 Å². The summed E-state index contributed by atoms with van der Waals surface area (Å²) < 4.78 is 10.6. The summed E-state index contributed by atoms with van der Waals surface area (Å²) in [6.07, 6.45) is 6.17. The SMILES string of the molecule is CCCOCCCNC(=O)OC1CCCC1. The highest BCUT2D eigenvalue weighted by molar-refractivity contribution is 5.67. The van der Waals surface area contributed by atoms with Crippen LogP contribution in [0.25, 0.3) is 0 Å². The molecule has 0 bridgehead atoms. The fourth-order valence-electron chi connectivity index (χ4n) is 1.81. The van der Waals surface area contributed by atoms with Gasteiger partial charge in [-0.15, -0.1) is 0 Å². The first-order valence-corrected chi connectivity index (χ1v) is 6.35. The first-order chi connectivity index (χ1) is 7.83. The number of alkyl carbamates (subject to hydrolysis) is 1. The Morgan fingerprint density at radius 3 is 2.75 bits per heavy atom. The topological polar surface area (TPSA) is 47.6 Å². The van der Waals surface area contributed by atoms with E-state index in [0.29, 0.717) is 13.2 Å². The molecule has 0 atom stereocenters. The Kier molecular flexibility index (Phi) is 6.97. The van der Waals surface area contributed by atoms with E-state index in [1.54, 1.807) is 0 Å². The second-order valence-corrected chi connectivity index (χ2v) is 4.20. The Labute approximate surface area is 97.7 Å². The number of amides is 1. The minimum Gasteiger partial charge on any atom is -0.446 e. The first-order valence-electron chi connectivity index (χ1n) is 6.35. The molecule has 0 spiro atoms. The molecule has 0 heterocycles. The van der Waals surface area contributed by atoms with Crippen LogP contribution in [0.2, 0.25) is 0 Å². The maximum absolute atomic E-state index is 11.3. The number of ether oxygens (including phenoxy) is 2. The van der Waals surface area contributed by atoms with Crippen LogP contribution in [0, 0.1) is 0 Å². The molecule has 16 heavy (non-hydrogen) atoms. The molecule has 1 rings (SSSR count). The van der Waals surface area contributed by atoms with Gasteiger partial charge < -0.3 is 14.8 Å². The van der Waals surface area contributed by atoms with E-state index in [2.05, 4.69) is 12.2 Å². The summed E-state index contributed by atoms with van der Waals surface area (Å²) in [5.41, 5.74) is 0. The van der Waals surface area contributed by atoms with E-state index < -0.39 is 0 Å². The van der Waals surface area contributed by atoms with Crippen molar-refractivity contribution in [3.63, 3.8) is 0 Å². The third-order valence-corrected chi connectivity index (χ3v) is 2.66. The fourth-order valence-corrected chi connectivity index (χ4v) is 1.81. The lowest BCUT2D eigenvalue weighted by molar-refractivity contribution is 0.0983. The van der Waals surface area contributed by atoms with E-state index in [0.717, 1.165) is 32.3 Å². The number of rotatable bonds is 7. The zero-order valence-electron chi connectivity index (χ0n) is 10.2. The van der Waals surface area contributed by atoms with Crippen LogP contribution >= 0.6 is 0 Å². The average Bonchev–Trinajstić information content (AvgIpc) is 2.76. The fraction of sp³-hybridized carbons (Fsp3) is 0.917. The van der Waals surface area contributed by atoms with Gasteiger partial charge in [0, 0.05) is 19.8 Å². The summed E-state index contributed by atoms with van der Waals surface area (Å²) >= 11 is 0. The summed E-state index contributed by atoms with van der Waals surface area (Å²) in [6, 6.07) is 0. The van der Waals surface area contributed by atoms with Crippen LogP contribution < -0.4 is 5.32 Å². The summed E-state index contributed by atoms with van der Waals surface area (Å²) in [6.45, 7) is 4.22. The number of carbonyl (C=O) groups is 1. The molecular formula is C12H23NO3. The molecule has 4 nitrogen and oxygen atoms in total. The zero-order valence-corrected chi connectivity index (χ0v) is 10.2. The van der Waals surface area contributed by atoms with Crippen molar-refractivity contribution in [2.45, 2.75) is 51.6 Å². The molecule has 0 unspecified atom stereocenters. The predicted molar refractivity (Wildman–Crippen MR) is 62.5 cm³/mol. The maximum atomic E-state index is 11.3. The Morgan fingerprint density at radius 1 is 1.31 bits per heavy atom.